The Hall–Kier alpha value is -0.995. The first-order valence-corrected chi connectivity index (χ1v) is 3.45. The van der Waals surface area contributed by atoms with Crippen molar-refractivity contribution in [2.24, 2.45) is 0 Å². The van der Waals surface area contributed by atoms with E-state index in [4.69, 9.17) is 21.0 Å². The van der Waals surface area contributed by atoms with Gasteiger partial charge in [0.15, 0.2) is 0 Å². The van der Waals surface area contributed by atoms with Crippen LogP contribution in [-0.2, 0) is 6.37 Å². The monoisotopic (exact) mass is 188 g/mol. The van der Waals surface area contributed by atoms with Gasteiger partial charge in [-0.05, 0) is 29.5 Å². The van der Waals surface area contributed by atoms with Gasteiger partial charge in [-0.2, -0.15) is 0 Å². The SMILES string of the molecule is [2H]C([2H])([2H])Oc1cc(B(O)O)cc(C([2H])([2H])C([2H])([2H])[2H])c1. The van der Waals surface area contributed by atoms with Crippen molar-refractivity contribution in [3.63, 3.8) is 0 Å². The largest absolute Gasteiger partial charge is 0.497 e. The van der Waals surface area contributed by atoms with Crippen LogP contribution in [0, 0.1) is 0 Å². The van der Waals surface area contributed by atoms with Gasteiger partial charge in [0.2, 0.25) is 0 Å². The van der Waals surface area contributed by atoms with Crippen LogP contribution >= 0.6 is 0 Å². The van der Waals surface area contributed by atoms with Gasteiger partial charge in [0, 0.05) is 6.85 Å². The number of hydrogen-bond acceptors (Lipinski definition) is 3. The number of ether oxygens (including phenoxy) is 1. The maximum absolute atomic E-state index is 9.14. The molecular formula is C9H13BO3. The Balaban J connectivity index is 3.39. The van der Waals surface area contributed by atoms with Crippen molar-refractivity contribution in [1.82, 2.24) is 0 Å². The fourth-order valence-electron chi connectivity index (χ4n) is 0.902. The summed E-state index contributed by atoms with van der Waals surface area (Å²) in [7, 11) is -4.88. The molecule has 0 aliphatic heterocycles. The summed E-state index contributed by atoms with van der Waals surface area (Å²) in [6, 6.07) is 2.82. The predicted molar refractivity (Wildman–Crippen MR) is 52.2 cm³/mol. The summed E-state index contributed by atoms with van der Waals surface area (Å²) in [5.41, 5.74) is -0.716. The van der Waals surface area contributed by atoms with Gasteiger partial charge in [-0.3, -0.25) is 0 Å². The van der Waals surface area contributed by atoms with Crippen molar-refractivity contribution in [3.05, 3.63) is 23.8 Å². The first-order chi connectivity index (χ1) is 9.24. The maximum Gasteiger partial charge on any atom is 0.488 e. The van der Waals surface area contributed by atoms with Crippen LogP contribution in [-0.4, -0.2) is 24.2 Å². The van der Waals surface area contributed by atoms with Crippen LogP contribution in [0.15, 0.2) is 18.2 Å². The normalized spacial score (nSPS) is 22.0. The highest BCUT2D eigenvalue weighted by Crippen LogP contribution is 2.11. The average Bonchev–Trinajstić information content (AvgIpc) is 2.24. The molecule has 0 saturated carbocycles. The Morgan fingerprint density at radius 3 is 3.00 bits per heavy atom. The molecule has 0 aromatic heterocycles. The van der Waals surface area contributed by atoms with Gasteiger partial charge < -0.3 is 14.8 Å². The molecule has 0 heterocycles. The summed E-state index contributed by atoms with van der Waals surface area (Å²) in [6.07, 6.45) is -2.81. The topological polar surface area (TPSA) is 49.7 Å². The lowest BCUT2D eigenvalue weighted by atomic mass is 9.79. The van der Waals surface area contributed by atoms with E-state index in [0.717, 1.165) is 18.2 Å². The zero-order chi connectivity index (χ0) is 16.6. The Labute approximate surface area is 89.4 Å². The minimum absolute atomic E-state index is 0.278. The molecule has 1 aromatic rings. The van der Waals surface area contributed by atoms with Crippen LogP contribution in [0.25, 0.3) is 0 Å². The van der Waals surface area contributed by atoms with Gasteiger partial charge in [-0.15, -0.1) is 0 Å². The molecule has 0 atom stereocenters. The first kappa shape index (κ1) is 3.63. The van der Waals surface area contributed by atoms with E-state index in [1.165, 1.54) is 0 Å². The van der Waals surface area contributed by atoms with Crippen LogP contribution in [0.1, 0.15) is 23.4 Å². The van der Waals surface area contributed by atoms with Crippen molar-refractivity contribution in [2.75, 3.05) is 7.04 Å². The van der Waals surface area contributed by atoms with Gasteiger partial charge in [-0.25, -0.2) is 0 Å². The maximum atomic E-state index is 9.14. The van der Waals surface area contributed by atoms with E-state index in [9.17, 15) is 0 Å². The minimum atomic E-state index is -3.02. The molecular weight excluding hydrogens is 167 g/mol. The highest BCUT2D eigenvalue weighted by Gasteiger charge is 2.12. The molecule has 0 aliphatic carbocycles. The molecule has 1 aromatic carbocycles. The standard InChI is InChI=1S/C9H13BO3/c1-3-7-4-8(10(11)12)6-9(5-7)13-2/h4-6,11-12H,3H2,1-2H3/i1D3,2D3,3D2. The zero-order valence-corrected chi connectivity index (χ0v) is 6.61. The number of rotatable bonds is 3. The number of benzene rings is 1. The fourth-order valence-corrected chi connectivity index (χ4v) is 0.902. The predicted octanol–water partition coefficient (Wildman–Crippen LogP) is -0.0626. The smallest absolute Gasteiger partial charge is 0.488 e. The molecule has 0 saturated heterocycles. The second-order valence-corrected chi connectivity index (χ2v) is 2.39. The van der Waals surface area contributed by atoms with Crippen molar-refractivity contribution < 1.29 is 25.8 Å². The Bertz CT molecular complexity index is 511. The highest BCUT2D eigenvalue weighted by molar-refractivity contribution is 6.58. The summed E-state index contributed by atoms with van der Waals surface area (Å²) >= 11 is 0. The van der Waals surface area contributed by atoms with Crippen LogP contribution < -0.4 is 10.2 Å². The molecule has 0 radical (unpaired) electrons. The third kappa shape index (κ3) is 2.47. The summed E-state index contributed by atoms with van der Waals surface area (Å²) in [5.74, 6) is -0.385. The minimum Gasteiger partial charge on any atom is -0.497 e. The molecule has 70 valence electrons. The molecule has 0 fully saturated rings. The van der Waals surface area contributed by atoms with Gasteiger partial charge in [0.1, 0.15) is 5.75 Å². The summed E-state index contributed by atoms with van der Waals surface area (Å²) < 4.78 is 62.3. The second kappa shape index (κ2) is 4.30. The molecule has 4 heteroatoms. The Morgan fingerprint density at radius 1 is 1.54 bits per heavy atom. The number of methoxy groups -OCH3 is 1. The van der Waals surface area contributed by atoms with E-state index in [0.29, 0.717) is 0 Å². The summed E-state index contributed by atoms with van der Waals surface area (Å²) in [6.45, 7) is -3.02. The summed E-state index contributed by atoms with van der Waals surface area (Å²) in [5, 5.41) is 18.3. The van der Waals surface area contributed by atoms with E-state index in [2.05, 4.69) is 4.74 Å². The first-order valence-electron chi connectivity index (χ1n) is 7.45. The summed E-state index contributed by atoms with van der Waals surface area (Å²) in [4.78, 5) is 0. The van der Waals surface area contributed by atoms with Crippen molar-refractivity contribution in [1.29, 1.82) is 0 Å². The lowest BCUT2D eigenvalue weighted by Gasteiger charge is -2.06. The third-order valence-electron chi connectivity index (χ3n) is 1.49. The van der Waals surface area contributed by atoms with Crippen molar-refractivity contribution in [3.8, 4) is 5.75 Å². The van der Waals surface area contributed by atoms with Gasteiger partial charge in [0.25, 0.3) is 0 Å². The molecule has 0 aliphatic rings. The van der Waals surface area contributed by atoms with Gasteiger partial charge in [-0.1, -0.05) is 12.9 Å². The van der Waals surface area contributed by atoms with Crippen molar-refractivity contribution in [2.45, 2.75) is 13.2 Å². The van der Waals surface area contributed by atoms with E-state index in [1.807, 2.05) is 0 Å². The fraction of sp³-hybridized carbons (Fsp3) is 0.333. The van der Waals surface area contributed by atoms with Gasteiger partial charge in [0.05, 0.1) is 11.2 Å². The molecule has 0 unspecified atom stereocenters. The van der Waals surface area contributed by atoms with E-state index in [-0.39, 0.29) is 11.2 Å². The lowest BCUT2D eigenvalue weighted by molar-refractivity contribution is 0.411. The van der Waals surface area contributed by atoms with E-state index < -0.39 is 32.9 Å². The molecule has 1 rings (SSSR count). The second-order valence-electron chi connectivity index (χ2n) is 2.39. The zero-order valence-electron chi connectivity index (χ0n) is 14.6. The molecule has 2 N–H and O–H groups in total. The molecule has 0 amide bonds. The van der Waals surface area contributed by atoms with Gasteiger partial charge >= 0.3 is 7.12 Å². The quantitative estimate of drug-likeness (QED) is 0.653. The number of aryl methyl sites for hydroxylation is 1. The average molecular weight is 188 g/mol. The van der Waals surface area contributed by atoms with E-state index >= 15 is 0 Å². The van der Waals surface area contributed by atoms with Crippen molar-refractivity contribution >= 4 is 12.6 Å². The Morgan fingerprint density at radius 2 is 2.38 bits per heavy atom. The molecule has 13 heavy (non-hydrogen) atoms. The van der Waals surface area contributed by atoms with E-state index in [1.54, 1.807) is 0 Å². The molecule has 0 spiro atoms. The Kier molecular flexibility index (Phi) is 1.20. The van der Waals surface area contributed by atoms with Crippen LogP contribution in [0.2, 0.25) is 0 Å². The lowest BCUT2D eigenvalue weighted by Crippen LogP contribution is -2.30. The highest BCUT2D eigenvalue weighted by atomic mass is 16.5. The van der Waals surface area contributed by atoms with Crippen LogP contribution in [0.3, 0.4) is 0 Å². The third-order valence-corrected chi connectivity index (χ3v) is 1.49. The van der Waals surface area contributed by atoms with Crippen LogP contribution in [0.5, 0.6) is 5.75 Å². The molecule has 3 nitrogen and oxygen atoms in total. The molecule has 0 bridgehead atoms. The number of hydrogen-bond donors (Lipinski definition) is 2. The van der Waals surface area contributed by atoms with Crippen LogP contribution in [0.4, 0.5) is 0 Å².